The van der Waals surface area contributed by atoms with Gasteiger partial charge in [-0.2, -0.15) is 0 Å². The number of amides is 1. The van der Waals surface area contributed by atoms with Gasteiger partial charge in [-0.25, -0.2) is 0 Å². The quantitative estimate of drug-likeness (QED) is 0.742. The van der Waals surface area contributed by atoms with Crippen molar-refractivity contribution in [3.63, 3.8) is 0 Å². The van der Waals surface area contributed by atoms with Gasteiger partial charge in [0.05, 0.1) is 5.25 Å². The SMILES string of the molecule is C[C@@H](SCc1ccccc1)C(=O)NCCCN(C)C. The van der Waals surface area contributed by atoms with Crippen LogP contribution in [0.15, 0.2) is 30.3 Å². The molecule has 0 saturated heterocycles. The Kier molecular flexibility index (Phi) is 7.60. The highest BCUT2D eigenvalue weighted by atomic mass is 32.2. The second kappa shape index (κ2) is 8.99. The fourth-order valence-corrected chi connectivity index (χ4v) is 2.49. The van der Waals surface area contributed by atoms with E-state index in [1.54, 1.807) is 11.8 Å². The Bertz CT molecular complexity index is 368. The van der Waals surface area contributed by atoms with Gasteiger partial charge < -0.3 is 10.2 Å². The Balaban J connectivity index is 2.18. The summed E-state index contributed by atoms with van der Waals surface area (Å²) in [4.78, 5) is 14.0. The van der Waals surface area contributed by atoms with Crippen molar-refractivity contribution in [2.24, 2.45) is 0 Å². The van der Waals surface area contributed by atoms with E-state index in [1.807, 2.05) is 39.2 Å². The molecule has 0 bridgehead atoms. The first-order chi connectivity index (χ1) is 9.09. The highest BCUT2D eigenvalue weighted by Gasteiger charge is 2.12. The molecule has 0 aliphatic rings. The molecule has 1 atom stereocenters. The first-order valence-corrected chi connectivity index (χ1v) is 7.72. The third kappa shape index (κ3) is 7.23. The lowest BCUT2D eigenvalue weighted by molar-refractivity contribution is -0.120. The van der Waals surface area contributed by atoms with Crippen molar-refractivity contribution in [2.75, 3.05) is 27.2 Å². The normalized spacial score (nSPS) is 12.4. The molecule has 0 radical (unpaired) electrons. The van der Waals surface area contributed by atoms with Crippen LogP contribution in [0.2, 0.25) is 0 Å². The Morgan fingerprint density at radius 1 is 1.32 bits per heavy atom. The van der Waals surface area contributed by atoms with Gasteiger partial charge in [-0.15, -0.1) is 11.8 Å². The zero-order chi connectivity index (χ0) is 14.1. The van der Waals surface area contributed by atoms with Crippen LogP contribution >= 0.6 is 11.8 Å². The van der Waals surface area contributed by atoms with Crippen molar-refractivity contribution >= 4 is 17.7 Å². The third-order valence-electron chi connectivity index (χ3n) is 2.79. The lowest BCUT2D eigenvalue weighted by atomic mass is 10.2. The molecule has 0 fully saturated rings. The molecule has 106 valence electrons. The minimum atomic E-state index is -0.000405. The number of rotatable bonds is 8. The van der Waals surface area contributed by atoms with Gasteiger partial charge in [0, 0.05) is 12.3 Å². The molecule has 1 amide bonds. The molecule has 1 aromatic carbocycles. The lowest BCUT2D eigenvalue weighted by Crippen LogP contribution is -2.33. The average molecular weight is 280 g/mol. The first kappa shape index (κ1) is 16.1. The van der Waals surface area contributed by atoms with Crippen molar-refractivity contribution in [3.8, 4) is 0 Å². The number of nitrogens with zero attached hydrogens (tertiary/aromatic N) is 1. The second-order valence-electron chi connectivity index (χ2n) is 4.89. The maximum absolute atomic E-state index is 11.9. The van der Waals surface area contributed by atoms with E-state index in [2.05, 4.69) is 22.3 Å². The van der Waals surface area contributed by atoms with Gasteiger partial charge in [0.15, 0.2) is 0 Å². The van der Waals surface area contributed by atoms with Gasteiger partial charge in [0.25, 0.3) is 0 Å². The standard InChI is InChI=1S/C15H24N2OS/c1-13(15(18)16-10-7-11-17(2)3)19-12-14-8-5-4-6-9-14/h4-6,8-9,13H,7,10-12H2,1-3H3,(H,16,18)/t13-/m1/s1. The molecule has 0 spiro atoms. The Morgan fingerprint density at radius 2 is 2.00 bits per heavy atom. The molecule has 0 aromatic heterocycles. The highest BCUT2D eigenvalue weighted by Crippen LogP contribution is 2.17. The summed E-state index contributed by atoms with van der Waals surface area (Å²) in [7, 11) is 4.08. The van der Waals surface area contributed by atoms with Crippen LogP contribution in [-0.4, -0.2) is 43.2 Å². The zero-order valence-corrected chi connectivity index (χ0v) is 12.9. The number of carbonyl (C=O) groups is 1. The van der Waals surface area contributed by atoms with E-state index in [0.29, 0.717) is 0 Å². The molecule has 1 rings (SSSR count). The topological polar surface area (TPSA) is 32.3 Å². The van der Waals surface area contributed by atoms with Crippen molar-refractivity contribution in [1.82, 2.24) is 10.2 Å². The molecule has 4 heteroatoms. The largest absolute Gasteiger partial charge is 0.355 e. The number of hydrogen-bond acceptors (Lipinski definition) is 3. The van der Waals surface area contributed by atoms with Gasteiger partial charge in [0.2, 0.25) is 5.91 Å². The summed E-state index contributed by atoms with van der Waals surface area (Å²) in [6, 6.07) is 10.3. The Labute approximate surface area is 120 Å². The fourth-order valence-electron chi connectivity index (χ4n) is 1.62. The summed E-state index contributed by atoms with van der Waals surface area (Å²) in [5, 5.41) is 2.99. The monoisotopic (exact) mass is 280 g/mol. The molecule has 3 nitrogen and oxygen atoms in total. The van der Waals surface area contributed by atoms with E-state index < -0.39 is 0 Å². The van der Waals surface area contributed by atoms with E-state index in [1.165, 1.54) is 5.56 Å². The predicted molar refractivity (Wildman–Crippen MR) is 83.4 cm³/mol. The zero-order valence-electron chi connectivity index (χ0n) is 12.1. The van der Waals surface area contributed by atoms with Crippen LogP contribution in [0.4, 0.5) is 0 Å². The van der Waals surface area contributed by atoms with Crippen LogP contribution in [0.1, 0.15) is 18.9 Å². The summed E-state index contributed by atoms with van der Waals surface area (Å²) >= 11 is 1.68. The van der Waals surface area contributed by atoms with Crippen molar-refractivity contribution in [1.29, 1.82) is 0 Å². The van der Waals surface area contributed by atoms with Crippen LogP contribution in [0.5, 0.6) is 0 Å². The van der Waals surface area contributed by atoms with E-state index in [-0.39, 0.29) is 11.2 Å². The molecular formula is C15H24N2OS. The van der Waals surface area contributed by atoms with Crippen LogP contribution in [0, 0.1) is 0 Å². The number of nitrogens with one attached hydrogen (secondary N) is 1. The molecule has 1 N–H and O–H groups in total. The summed E-state index contributed by atoms with van der Waals surface area (Å²) < 4.78 is 0. The van der Waals surface area contributed by atoms with Crippen LogP contribution in [-0.2, 0) is 10.5 Å². The molecule has 0 saturated carbocycles. The fraction of sp³-hybridized carbons (Fsp3) is 0.533. The van der Waals surface area contributed by atoms with Crippen LogP contribution < -0.4 is 5.32 Å². The number of thioether (sulfide) groups is 1. The maximum Gasteiger partial charge on any atom is 0.232 e. The van der Waals surface area contributed by atoms with E-state index in [4.69, 9.17) is 0 Å². The van der Waals surface area contributed by atoms with E-state index in [9.17, 15) is 4.79 Å². The molecule has 0 aliphatic carbocycles. The highest BCUT2D eigenvalue weighted by molar-refractivity contribution is 7.99. The summed E-state index contributed by atoms with van der Waals surface area (Å²) in [5.41, 5.74) is 1.26. The Hall–Kier alpha value is -1.00. The van der Waals surface area contributed by atoms with Crippen molar-refractivity contribution in [2.45, 2.75) is 24.3 Å². The first-order valence-electron chi connectivity index (χ1n) is 6.67. The number of hydrogen-bond donors (Lipinski definition) is 1. The van der Waals surface area contributed by atoms with E-state index in [0.717, 1.165) is 25.3 Å². The van der Waals surface area contributed by atoms with Crippen molar-refractivity contribution in [3.05, 3.63) is 35.9 Å². The van der Waals surface area contributed by atoms with Gasteiger partial charge in [-0.05, 0) is 39.5 Å². The van der Waals surface area contributed by atoms with Gasteiger partial charge in [0.1, 0.15) is 0 Å². The number of benzene rings is 1. The molecule has 0 heterocycles. The Morgan fingerprint density at radius 3 is 2.63 bits per heavy atom. The van der Waals surface area contributed by atoms with Gasteiger partial charge in [-0.3, -0.25) is 4.79 Å². The maximum atomic E-state index is 11.9. The molecule has 0 unspecified atom stereocenters. The van der Waals surface area contributed by atoms with E-state index >= 15 is 0 Å². The minimum Gasteiger partial charge on any atom is -0.355 e. The summed E-state index contributed by atoms with van der Waals surface area (Å²) in [5.74, 6) is 1.02. The lowest BCUT2D eigenvalue weighted by Gasteiger charge is -2.13. The van der Waals surface area contributed by atoms with Crippen LogP contribution in [0.3, 0.4) is 0 Å². The molecular weight excluding hydrogens is 256 g/mol. The molecule has 1 aromatic rings. The predicted octanol–water partition coefficient (Wildman–Crippen LogP) is 2.38. The van der Waals surface area contributed by atoms with Gasteiger partial charge >= 0.3 is 0 Å². The summed E-state index contributed by atoms with van der Waals surface area (Å²) in [6.45, 7) is 3.73. The smallest absolute Gasteiger partial charge is 0.232 e. The van der Waals surface area contributed by atoms with Gasteiger partial charge in [-0.1, -0.05) is 30.3 Å². The third-order valence-corrected chi connectivity index (χ3v) is 4.01. The average Bonchev–Trinajstić information content (AvgIpc) is 2.41. The summed E-state index contributed by atoms with van der Waals surface area (Å²) in [6.07, 6.45) is 0.995. The number of carbonyl (C=O) groups excluding carboxylic acids is 1. The van der Waals surface area contributed by atoms with Crippen LogP contribution in [0.25, 0.3) is 0 Å². The minimum absolute atomic E-state index is 0.000405. The second-order valence-corrected chi connectivity index (χ2v) is 6.22. The van der Waals surface area contributed by atoms with Crippen molar-refractivity contribution < 1.29 is 4.79 Å². The molecule has 0 aliphatic heterocycles. The molecule has 19 heavy (non-hydrogen) atoms.